The summed E-state index contributed by atoms with van der Waals surface area (Å²) in [7, 11) is 2.07. The highest BCUT2D eigenvalue weighted by molar-refractivity contribution is 5.96. The summed E-state index contributed by atoms with van der Waals surface area (Å²) < 4.78 is 13.4. The van der Waals surface area contributed by atoms with E-state index in [1.165, 1.54) is 31.7 Å². The van der Waals surface area contributed by atoms with Gasteiger partial charge in [-0.3, -0.25) is 4.79 Å². The van der Waals surface area contributed by atoms with E-state index in [0.717, 1.165) is 19.0 Å². The van der Waals surface area contributed by atoms with Gasteiger partial charge in [0.15, 0.2) is 5.78 Å². The van der Waals surface area contributed by atoms with Crippen molar-refractivity contribution in [2.24, 2.45) is 5.92 Å². The summed E-state index contributed by atoms with van der Waals surface area (Å²) >= 11 is 0. The Morgan fingerprint density at radius 2 is 2.05 bits per heavy atom. The molecule has 0 amide bonds. The van der Waals surface area contributed by atoms with Crippen molar-refractivity contribution in [3.63, 3.8) is 0 Å². The number of carbonyl (C=O) groups is 1. The topological polar surface area (TPSA) is 20.3 Å². The van der Waals surface area contributed by atoms with Crippen molar-refractivity contribution in [2.45, 2.75) is 39.0 Å². The van der Waals surface area contributed by atoms with Crippen LogP contribution in [0.4, 0.5) is 4.39 Å². The molecule has 1 aromatic rings. The van der Waals surface area contributed by atoms with Gasteiger partial charge in [0.05, 0.1) is 0 Å². The van der Waals surface area contributed by atoms with Crippen LogP contribution in [0.2, 0.25) is 0 Å². The molecule has 1 fully saturated rings. The van der Waals surface area contributed by atoms with Crippen molar-refractivity contribution in [1.29, 1.82) is 0 Å². The van der Waals surface area contributed by atoms with Crippen molar-refractivity contribution in [3.8, 4) is 0 Å². The van der Waals surface area contributed by atoms with Crippen LogP contribution < -0.4 is 0 Å². The highest BCUT2D eigenvalue weighted by atomic mass is 19.1. The number of halogens is 1. The maximum absolute atomic E-state index is 13.4. The molecular weight excluding hydrogens is 253 g/mol. The van der Waals surface area contributed by atoms with Gasteiger partial charge in [0.2, 0.25) is 0 Å². The lowest BCUT2D eigenvalue weighted by Crippen LogP contribution is -2.27. The highest BCUT2D eigenvalue weighted by Gasteiger charge is 2.17. The summed E-state index contributed by atoms with van der Waals surface area (Å²) in [5.41, 5.74) is 1.07. The lowest BCUT2D eigenvalue weighted by atomic mass is 10.0. The van der Waals surface area contributed by atoms with Crippen LogP contribution in [0.3, 0.4) is 0 Å². The van der Waals surface area contributed by atoms with E-state index in [-0.39, 0.29) is 11.6 Å². The van der Waals surface area contributed by atoms with Gasteiger partial charge >= 0.3 is 0 Å². The maximum atomic E-state index is 13.4. The van der Waals surface area contributed by atoms with Gasteiger partial charge in [-0.25, -0.2) is 4.39 Å². The van der Waals surface area contributed by atoms with Gasteiger partial charge in [0.25, 0.3) is 0 Å². The Labute approximate surface area is 121 Å². The molecule has 0 bridgehead atoms. The first-order valence-corrected chi connectivity index (χ1v) is 7.54. The van der Waals surface area contributed by atoms with Crippen molar-refractivity contribution in [2.75, 3.05) is 20.1 Å². The Morgan fingerprint density at radius 3 is 2.70 bits per heavy atom. The number of benzene rings is 1. The van der Waals surface area contributed by atoms with Gasteiger partial charge < -0.3 is 4.90 Å². The van der Waals surface area contributed by atoms with Crippen molar-refractivity contribution >= 4 is 5.78 Å². The molecule has 1 aromatic carbocycles. The zero-order valence-electron chi connectivity index (χ0n) is 12.5. The predicted octanol–water partition coefficient (Wildman–Crippen LogP) is 3.83. The Morgan fingerprint density at radius 1 is 1.35 bits per heavy atom. The highest BCUT2D eigenvalue weighted by Crippen LogP contribution is 2.25. The molecule has 0 aliphatic heterocycles. The van der Waals surface area contributed by atoms with E-state index in [0.29, 0.717) is 17.5 Å². The Balaban J connectivity index is 1.80. The minimum Gasteiger partial charge on any atom is -0.306 e. The molecule has 1 aliphatic carbocycles. The second-order valence-corrected chi connectivity index (χ2v) is 6.05. The number of carbonyl (C=O) groups excluding carboxylic acids is 1. The van der Waals surface area contributed by atoms with Gasteiger partial charge in [-0.15, -0.1) is 0 Å². The van der Waals surface area contributed by atoms with Gasteiger partial charge in [0, 0.05) is 25.1 Å². The third-order valence-corrected chi connectivity index (χ3v) is 4.26. The third kappa shape index (κ3) is 4.14. The molecule has 110 valence electrons. The van der Waals surface area contributed by atoms with Gasteiger partial charge in [-0.1, -0.05) is 25.0 Å². The molecule has 20 heavy (non-hydrogen) atoms. The number of rotatable bonds is 6. The van der Waals surface area contributed by atoms with Crippen LogP contribution >= 0.6 is 0 Å². The molecule has 3 heteroatoms. The fraction of sp³-hybridized carbons (Fsp3) is 0.588. The zero-order valence-corrected chi connectivity index (χ0v) is 12.5. The number of hydrogen-bond donors (Lipinski definition) is 0. The summed E-state index contributed by atoms with van der Waals surface area (Å²) in [6.07, 6.45) is 5.80. The Bertz CT molecular complexity index is 466. The van der Waals surface area contributed by atoms with Gasteiger partial charge in [0.1, 0.15) is 5.82 Å². The number of aryl methyl sites for hydroxylation is 1. The van der Waals surface area contributed by atoms with Crippen molar-refractivity contribution in [1.82, 2.24) is 4.90 Å². The first kappa shape index (κ1) is 15.2. The minimum absolute atomic E-state index is 0.0298. The number of ketones is 1. The molecule has 2 nitrogen and oxygen atoms in total. The van der Waals surface area contributed by atoms with E-state index in [2.05, 4.69) is 11.9 Å². The fourth-order valence-corrected chi connectivity index (χ4v) is 2.93. The molecule has 0 aromatic heterocycles. The third-order valence-electron chi connectivity index (χ3n) is 4.26. The summed E-state index contributed by atoms with van der Waals surface area (Å²) in [6, 6.07) is 4.75. The molecule has 2 rings (SSSR count). The smallest absolute Gasteiger partial charge is 0.164 e. The summed E-state index contributed by atoms with van der Waals surface area (Å²) in [5.74, 6) is 0.532. The maximum Gasteiger partial charge on any atom is 0.164 e. The molecule has 1 saturated carbocycles. The Hall–Kier alpha value is -1.22. The summed E-state index contributed by atoms with van der Waals surface area (Å²) in [4.78, 5) is 14.3. The molecule has 0 saturated heterocycles. The van der Waals surface area contributed by atoms with E-state index in [4.69, 9.17) is 0 Å². The predicted molar refractivity (Wildman–Crippen MR) is 79.5 cm³/mol. The number of Topliss-reactive ketones (excluding diaryl/α,β-unsaturated/α-hetero) is 1. The van der Waals surface area contributed by atoms with Crippen molar-refractivity contribution in [3.05, 3.63) is 35.1 Å². The van der Waals surface area contributed by atoms with E-state index in [9.17, 15) is 9.18 Å². The van der Waals surface area contributed by atoms with Gasteiger partial charge in [-0.2, -0.15) is 0 Å². The molecular formula is C17H24FNO. The van der Waals surface area contributed by atoms with E-state index >= 15 is 0 Å². The van der Waals surface area contributed by atoms with E-state index in [1.807, 2.05) is 0 Å². The molecule has 0 atom stereocenters. The van der Waals surface area contributed by atoms with Crippen LogP contribution in [0.5, 0.6) is 0 Å². The summed E-state index contributed by atoms with van der Waals surface area (Å²) in [5, 5.41) is 0. The van der Waals surface area contributed by atoms with Gasteiger partial charge in [-0.05, 0) is 44.4 Å². The lowest BCUT2D eigenvalue weighted by molar-refractivity contribution is 0.0965. The van der Waals surface area contributed by atoms with E-state index < -0.39 is 0 Å². The first-order valence-electron chi connectivity index (χ1n) is 7.54. The molecule has 0 spiro atoms. The largest absolute Gasteiger partial charge is 0.306 e. The van der Waals surface area contributed by atoms with E-state index in [1.54, 1.807) is 19.1 Å². The molecule has 0 unspecified atom stereocenters. The summed E-state index contributed by atoms with van der Waals surface area (Å²) in [6.45, 7) is 3.54. The Kier molecular flexibility index (Phi) is 5.30. The second-order valence-electron chi connectivity index (χ2n) is 6.05. The molecule has 0 radical (unpaired) electrons. The van der Waals surface area contributed by atoms with Crippen LogP contribution in [0.1, 0.15) is 48.0 Å². The van der Waals surface area contributed by atoms with Crippen LogP contribution in [0, 0.1) is 18.7 Å². The normalized spacial score (nSPS) is 16.0. The quantitative estimate of drug-likeness (QED) is 0.737. The minimum atomic E-state index is -0.296. The molecule has 0 N–H and O–H groups in total. The molecule has 1 aliphatic rings. The number of nitrogens with zero attached hydrogens (tertiary/aromatic N) is 1. The monoisotopic (exact) mass is 277 g/mol. The lowest BCUT2D eigenvalue weighted by Gasteiger charge is -2.20. The molecule has 0 heterocycles. The first-order chi connectivity index (χ1) is 9.56. The van der Waals surface area contributed by atoms with Crippen molar-refractivity contribution < 1.29 is 9.18 Å². The average Bonchev–Trinajstić information content (AvgIpc) is 2.92. The second kappa shape index (κ2) is 6.98. The van der Waals surface area contributed by atoms with Crippen LogP contribution in [-0.2, 0) is 0 Å². The van der Waals surface area contributed by atoms with Crippen LogP contribution in [-0.4, -0.2) is 30.8 Å². The van der Waals surface area contributed by atoms with Crippen LogP contribution in [0.25, 0.3) is 0 Å². The average molecular weight is 277 g/mol. The standard InChI is InChI=1S/C17H24FNO/c1-13-7-8-15(11-16(13)18)17(20)9-10-19(2)12-14-5-3-4-6-14/h7-8,11,14H,3-6,9-10,12H2,1-2H3. The fourth-order valence-electron chi connectivity index (χ4n) is 2.93. The van der Waals surface area contributed by atoms with Crippen LogP contribution in [0.15, 0.2) is 18.2 Å². The SMILES string of the molecule is Cc1ccc(C(=O)CCN(C)CC2CCCC2)cc1F. The zero-order chi connectivity index (χ0) is 14.5. The number of hydrogen-bond acceptors (Lipinski definition) is 2.